The number of thiophene rings is 1. The first-order valence-electron chi connectivity index (χ1n) is 6.32. The van der Waals surface area contributed by atoms with E-state index in [-0.39, 0.29) is 10.0 Å². The Morgan fingerprint density at radius 3 is 2.74 bits per heavy atom. The summed E-state index contributed by atoms with van der Waals surface area (Å²) < 4.78 is 13.8. The van der Waals surface area contributed by atoms with E-state index in [0.717, 1.165) is 11.3 Å². The fourth-order valence-electron chi connectivity index (χ4n) is 2.12. The molecule has 0 spiro atoms. The molecule has 1 aromatic heterocycles. The Balaban J connectivity index is 2.14. The number of fused-ring (bicyclic) bond motifs is 1. The van der Waals surface area contributed by atoms with E-state index in [2.05, 4.69) is 5.32 Å². The smallest absolute Gasteiger partial charge is 0.348 e. The van der Waals surface area contributed by atoms with Crippen LogP contribution in [0.2, 0.25) is 5.02 Å². The van der Waals surface area contributed by atoms with Gasteiger partial charge in [-0.05, 0) is 36.4 Å². The van der Waals surface area contributed by atoms with Crippen LogP contribution in [-0.2, 0) is 0 Å². The summed E-state index contributed by atoms with van der Waals surface area (Å²) in [5.41, 5.74) is 1.15. The minimum absolute atomic E-state index is 0.0797. The topological polar surface area (TPSA) is 79.0 Å². The lowest BCUT2D eigenvalue weighted by Gasteiger charge is -2.06. The Bertz CT molecular complexity index is 981. The molecule has 2 aromatic carbocycles. The minimum atomic E-state index is -0.569. The first-order chi connectivity index (χ1) is 11.0. The van der Waals surface area contributed by atoms with Crippen molar-refractivity contribution in [2.75, 3.05) is 5.32 Å². The van der Waals surface area contributed by atoms with Crippen LogP contribution in [0.3, 0.4) is 0 Å². The molecule has 3 aromatic rings. The molecule has 0 bridgehead atoms. The number of anilines is 2. The van der Waals surface area contributed by atoms with Gasteiger partial charge < -0.3 is 5.32 Å². The summed E-state index contributed by atoms with van der Waals surface area (Å²) in [6, 6.07) is 10.8. The van der Waals surface area contributed by atoms with E-state index in [1.54, 1.807) is 18.2 Å². The van der Waals surface area contributed by atoms with E-state index in [1.807, 2.05) is 6.07 Å². The lowest BCUT2D eigenvalue weighted by molar-refractivity contribution is -0.379. The first kappa shape index (κ1) is 15.2. The predicted octanol–water partition coefficient (Wildman–Crippen LogP) is 5.22. The number of nitrogens with zero attached hydrogens (tertiary/aromatic N) is 2. The molecule has 0 atom stereocenters. The number of halogens is 2. The summed E-state index contributed by atoms with van der Waals surface area (Å²) in [5, 5.41) is 23.6. The molecule has 5 nitrogen and oxygen atoms in total. The van der Waals surface area contributed by atoms with Gasteiger partial charge in [0.1, 0.15) is 11.5 Å². The standard InChI is InChI=1S/C15H7ClFN3O2S/c16-11-6-9(2-4-12(11)17)19-14-10-3-1-8(7-18)5-13(10)23-15(14)20(21)22/h1-6,19H. The van der Waals surface area contributed by atoms with Gasteiger partial charge in [-0.25, -0.2) is 4.39 Å². The third kappa shape index (κ3) is 2.82. The second-order valence-electron chi connectivity index (χ2n) is 4.62. The van der Waals surface area contributed by atoms with Crippen molar-refractivity contribution in [2.24, 2.45) is 0 Å². The van der Waals surface area contributed by atoms with Crippen LogP contribution >= 0.6 is 22.9 Å². The molecule has 114 valence electrons. The van der Waals surface area contributed by atoms with E-state index < -0.39 is 10.7 Å². The van der Waals surface area contributed by atoms with Gasteiger partial charge in [0, 0.05) is 15.8 Å². The van der Waals surface area contributed by atoms with Gasteiger partial charge in [0.05, 0.1) is 21.6 Å². The van der Waals surface area contributed by atoms with Crippen LogP contribution in [0, 0.1) is 27.3 Å². The molecule has 0 aliphatic carbocycles. The highest BCUT2D eigenvalue weighted by molar-refractivity contribution is 7.23. The van der Waals surface area contributed by atoms with Gasteiger partial charge in [-0.2, -0.15) is 5.26 Å². The molecule has 23 heavy (non-hydrogen) atoms. The largest absolute Gasteiger partial charge is 0.349 e. The Hall–Kier alpha value is -2.69. The van der Waals surface area contributed by atoms with Crippen molar-refractivity contribution in [3.8, 4) is 6.07 Å². The summed E-state index contributed by atoms with van der Waals surface area (Å²) in [4.78, 5) is 10.8. The average Bonchev–Trinajstić information content (AvgIpc) is 2.89. The number of nitro groups is 1. The van der Waals surface area contributed by atoms with Gasteiger partial charge >= 0.3 is 5.00 Å². The van der Waals surface area contributed by atoms with Crippen molar-refractivity contribution >= 4 is 49.4 Å². The van der Waals surface area contributed by atoms with Crippen molar-refractivity contribution in [1.29, 1.82) is 5.26 Å². The Morgan fingerprint density at radius 2 is 2.09 bits per heavy atom. The lowest BCUT2D eigenvalue weighted by Crippen LogP contribution is -1.94. The zero-order valence-corrected chi connectivity index (χ0v) is 12.9. The maximum absolute atomic E-state index is 13.2. The fourth-order valence-corrected chi connectivity index (χ4v) is 3.31. The van der Waals surface area contributed by atoms with Crippen molar-refractivity contribution < 1.29 is 9.31 Å². The minimum Gasteiger partial charge on any atom is -0.349 e. The molecule has 0 unspecified atom stereocenters. The molecule has 1 N–H and O–H groups in total. The molecule has 0 saturated carbocycles. The van der Waals surface area contributed by atoms with Crippen LogP contribution in [-0.4, -0.2) is 4.92 Å². The molecule has 0 aliphatic rings. The summed E-state index contributed by atoms with van der Waals surface area (Å²) >= 11 is 6.70. The molecule has 0 radical (unpaired) electrons. The molecule has 0 aliphatic heterocycles. The van der Waals surface area contributed by atoms with Gasteiger partial charge in [-0.1, -0.05) is 22.9 Å². The molecule has 3 rings (SSSR count). The predicted molar refractivity (Wildman–Crippen MR) is 87.9 cm³/mol. The second-order valence-corrected chi connectivity index (χ2v) is 6.05. The number of nitriles is 1. The second kappa shape index (κ2) is 5.83. The highest BCUT2D eigenvalue weighted by Gasteiger charge is 2.22. The van der Waals surface area contributed by atoms with Crippen LogP contribution in [0.4, 0.5) is 20.8 Å². The molecule has 0 saturated heterocycles. The summed E-state index contributed by atoms with van der Waals surface area (Å²) in [6.07, 6.45) is 0. The summed E-state index contributed by atoms with van der Waals surface area (Å²) in [7, 11) is 0. The quantitative estimate of drug-likeness (QED) is 0.520. The number of hydrogen-bond donors (Lipinski definition) is 1. The fraction of sp³-hybridized carbons (Fsp3) is 0. The SMILES string of the molecule is N#Cc1ccc2c(Nc3ccc(F)c(Cl)c3)c([N+](=O)[O-])sc2c1. The van der Waals surface area contributed by atoms with E-state index >= 15 is 0 Å². The zero-order valence-electron chi connectivity index (χ0n) is 11.3. The first-order valence-corrected chi connectivity index (χ1v) is 7.52. The number of hydrogen-bond acceptors (Lipinski definition) is 5. The van der Waals surface area contributed by atoms with Gasteiger partial charge in [0.2, 0.25) is 0 Å². The maximum atomic E-state index is 13.2. The van der Waals surface area contributed by atoms with E-state index in [4.69, 9.17) is 16.9 Å². The van der Waals surface area contributed by atoms with E-state index in [0.29, 0.717) is 27.0 Å². The maximum Gasteiger partial charge on any atom is 0.348 e. The van der Waals surface area contributed by atoms with Crippen molar-refractivity contribution in [2.45, 2.75) is 0 Å². The van der Waals surface area contributed by atoms with Gasteiger partial charge in [0.25, 0.3) is 0 Å². The molecular formula is C15H7ClFN3O2S. The number of rotatable bonds is 3. The van der Waals surface area contributed by atoms with Crippen LogP contribution in [0.15, 0.2) is 36.4 Å². The normalized spacial score (nSPS) is 10.5. The Labute approximate surface area is 138 Å². The van der Waals surface area contributed by atoms with Crippen molar-refractivity contribution in [3.05, 3.63) is 62.9 Å². The number of benzene rings is 2. The van der Waals surface area contributed by atoms with Gasteiger partial charge in [-0.3, -0.25) is 10.1 Å². The van der Waals surface area contributed by atoms with Gasteiger partial charge in [-0.15, -0.1) is 0 Å². The molecule has 0 fully saturated rings. The Kier molecular flexibility index (Phi) is 3.86. The summed E-state index contributed by atoms with van der Waals surface area (Å²) in [5.74, 6) is -0.569. The van der Waals surface area contributed by atoms with Crippen molar-refractivity contribution in [1.82, 2.24) is 0 Å². The lowest BCUT2D eigenvalue weighted by atomic mass is 10.1. The van der Waals surface area contributed by atoms with E-state index in [1.165, 1.54) is 18.2 Å². The number of nitrogens with one attached hydrogen (secondary N) is 1. The molecule has 1 heterocycles. The van der Waals surface area contributed by atoms with Crippen LogP contribution in [0.25, 0.3) is 10.1 Å². The molecule has 8 heteroatoms. The highest BCUT2D eigenvalue weighted by atomic mass is 35.5. The molecule has 0 amide bonds. The van der Waals surface area contributed by atoms with E-state index in [9.17, 15) is 14.5 Å². The Morgan fingerprint density at radius 1 is 1.30 bits per heavy atom. The van der Waals surface area contributed by atoms with Crippen LogP contribution in [0.5, 0.6) is 0 Å². The molecular weight excluding hydrogens is 341 g/mol. The van der Waals surface area contributed by atoms with Crippen LogP contribution in [0.1, 0.15) is 5.56 Å². The third-order valence-corrected chi connectivity index (χ3v) is 4.55. The zero-order chi connectivity index (χ0) is 16.6. The van der Waals surface area contributed by atoms with Crippen molar-refractivity contribution in [3.63, 3.8) is 0 Å². The monoisotopic (exact) mass is 347 g/mol. The summed E-state index contributed by atoms with van der Waals surface area (Å²) in [6.45, 7) is 0. The van der Waals surface area contributed by atoms with Crippen LogP contribution < -0.4 is 5.32 Å². The highest BCUT2D eigenvalue weighted by Crippen LogP contribution is 2.43. The third-order valence-electron chi connectivity index (χ3n) is 3.16. The average molecular weight is 348 g/mol. The van der Waals surface area contributed by atoms with Gasteiger partial charge in [0.15, 0.2) is 0 Å².